The van der Waals surface area contributed by atoms with Crippen LogP contribution >= 0.6 is 11.6 Å². The molecule has 3 heterocycles. The fraction of sp³-hybridized carbons (Fsp3) is 0.500. The number of benzene rings is 1. The Bertz CT molecular complexity index is 1020. The van der Waals surface area contributed by atoms with Crippen LogP contribution in [0.4, 0.5) is 10.5 Å². The smallest absolute Gasteiger partial charge is 0.320 e. The number of halogens is 1. The van der Waals surface area contributed by atoms with Gasteiger partial charge in [0.05, 0.1) is 5.56 Å². The molecule has 0 unspecified atom stereocenters. The Morgan fingerprint density at radius 1 is 1.09 bits per heavy atom. The summed E-state index contributed by atoms with van der Waals surface area (Å²) in [7, 11) is 0. The van der Waals surface area contributed by atoms with Gasteiger partial charge in [0.15, 0.2) is 0 Å². The normalized spacial score (nSPS) is 19.1. The van der Waals surface area contributed by atoms with E-state index in [0.717, 1.165) is 50.1 Å². The molecular weight excluding hydrogens is 440 g/mol. The van der Waals surface area contributed by atoms with E-state index in [1.165, 1.54) is 12.4 Å². The molecule has 2 fully saturated rings. The molecule has 2 aliphatic rings. The maximum Gasteiger partial charge on any atom is 0.320 e. The number of piperazine rings is 1. The van der Waals surface area contributed by atoms with E-state index in [-0.39, 0.29) is 18.0 Å². The highest BCUT2D eigenvalue weighted by Crippen LogP contribution is 2.27. The lowest BCUT2D eigenvalue weighted by Crippen LogP contribution is -2.56. The Labute approximate surface area is 199 Å². The molecule has 1 aromatic heterocycles. The summed E-state index contributed by atoms with van der Waals surface area (Å²) in [6.45, 7) is 10.6. The van der Waals surface area contributed by atoms with Gasteiger partial charge < -0.3 is 15.1 Å². The summed E-state index contributed by atoms with van der Waals surface area (Å²) in [6, 6.07) is 4.03. The van der Waals surface area contributed by atoms with Gasteiger partial charge in [0.1, 0.15) is 5.82 Å². The standard InChI is InChI=1S/C24H31ClN6O2/c1-16-14-29(8-9-31(16)24(33)30-6-4-5-7-30)15-19-10-21(25)11-22(17(19)2)28-23(32)20-12-26-18(3)27-13-20/h10-13,16H,4-9,14-15H2,1-3H3,(H,28,32)/t16-/m0/s1. The minimum absolute atomic E-state index is 0.145. The first-order valence-electron chi connectivity index (χ1n) is 11.5. The number of urea groups is 1. The predicted octanol–water partition coefficient (Wildman–Crippen LogP) is 3.72. The SMILES string of the molecule is Cc1ncc(C(=O)Nc2cc(Cl)cc(CN3CCN(C(=O)N4CCCC4)[C@@H](C)C3)c2C)cn1. The Balaban J connectivity index is 1.42. The number of hydrogen-bond donors (Lipinski definition) is 1. The first kappa shape index (κ1) is 23.4. The third-order valence-corrected chi connectivity index (χ3v) is 6.72. The number of aryl methyl sites for hydroxylation is 1. The fourth-order valence-electron chi connectivity index (χ4n) is 4.53. The van der Waals surface area contributed by atoms with Gasteiger partial charge in [-0.3, -0.25) is 9.69 Å². The number of hydrogen-bond acceptors (Lipinski definition) is 5. The van der Waals surface area contributed by atoms with Crippen LogP contribution in [0.15, 0.2) is 24.5 Å². The molecular formula is C24H31ClN6O2. The molecule has 2 aromatic rings. The van der Waals surface area contributed by atoms with Crippen LogP contribution in [0.5, 0.6) is 0 Å². The maximum absolute atomic E-state index is 12.8. The Kier molecular flexibility index (Phi) is 7.14. The average Bonchev–Trinajstić information content (AvgIpc) is 3.32. The van der Waals surface area contributed by atoms with Gasteiger partial charge in [-0.15, -0.1) is 0 Å². The Morgan fingerprint density at radius 3 is 2.45 bits per heavy atom. The van der Waals surface area contributed by atoms with Crippen molar-refractivity contribution >= 4 is 29.2 Å². The van der Waals surface area contributed by atoms with Gasteiger partial charge in [-0.1, -0.05) is 11.6 Å². The van der Waals surface area contributed by atoms with Crippen LogP contribution in [-0.4, -0.2) is 75.4 Å². The van der Waals surface area contributed by atoms with E-state index in [2.05, 4.69) is 27.1 Å². The molecule has 176 valence electrons. The number of aromatic nitrogens is 2. The average molecular weight is 471 g/mol. The van der Waals surface area contributed by atoms with Gasteiger partial charge in [0.2, 0.25) is 0 Å². The van der Waals surface area contributed by atoms with E-state index in [0.29, 0.717) is 35.2 Å². The summed E-state index contributed by atoms with van der Waals surface area (Å²) in [6.07, 6.45) is 5.24. The van der Waals surface area contributed by atoms with Gasteiger partial charge in [0.25, 0.3) is 5.91 Å². The van der Waals surface area contributed by atoms with Gasteiger partial charge >= 0.3 is 6.03 Å². The molecule has 1 N–H and O–H groups in total. The summed E-state index contributed by atoms with van der Waals surface area (Å²) in [5, 5.41) is 3.52. The lowest BCUT2D eigenvalue weighted by atomic mass is 10.0. The van der Waals surface area contributed by atoms with Gasteiger partial charge in [0, 0.05) is 68.4 Å². The highest BCUT2D eigenvalue weighted by atomic mass is 35.5. The summed E-state index contributed by atoms with van der Waals surface area (Å²) >= 11 is 6.40. The van der Waals surface area contributed by atoms with Gasteiger partial charge in [-0.25, -0.2) is 14.8 Å². The largest absolute Gasteiger partial charge is 0.325 e. The first-order chi connectivity index (χ1) is 15.8. The van der Waals surface area contributed by atoms with Crippen LogP contribution < -0.4 is 5.32 Å². The van der Waals surface area contributed by atoms with Crippen molar-refractivity contribution < 1.29 is 9.59 Å². The van der Waals surface area contributed by atoms with E-state index < -0.39 is 0 Å². The summed E-state index contributed by atoms with van der Waals surface area (Å²) in [5.41, 5.74) is 3.11. The zero-order valence-electron chi connectivity index (χ0n) is 19.5. The number of nitrogens with zero attached hydrogens (tertiary/aromatic N) is 5. The molecule has 0 bridgehead atoms. The van der Waals surface area contributed by atoms with Crippen molar-refractivity contribution in [1.82, 2.24) is 24.7 Å². The third kappa shape index (κ3) is 5.45. The van der Waals surface area contributed by atoms with Crippen LogP contribution in [0.3, 0.4) is 0 Å². The van der Waals surface area contributed by atoms with Crippen molar-refractivity contribution in [2.45, 2.75) is 46.2 Å². The Morgan fingerprint density at radius 2 is 1.79 bits per heavy atom. The lowest BCUT2D eigenvalue weighted by molar-refractivity contribution is 0.0814. The molecule has 0 radical (unpaired) electrons. The van der Waals surface area contributed by atoms with Gasteiger partial charge in [-0.2, -0.15) is 0 Å². The van der Waals surface area contributed by atoms with Crippen molar-refractivity contribution in [1.29, 1.82) is 0 Å². The first-order valence-corrected chi connectivity index (χ1v) is 11.9. The second-order valence-electron chi connectivity index (χ2n) is 8.96. The molecule has 4 rings (SSSR count). The third-order valence-electron chi connectivity index (χ3n) is 6.50. The molecule has 3 amide bonds. The lowest BCUT2D eigenvalue weighted by Gasteiger charge is -2.41. The van der Waals surface area contributed by atoms with E-state index in [9.17, 15) is 9.59 Å². The molecule has 0 saturated carbocycles. The molecule has 0 spiro atoms. The highest BCUT2D eigenvalue weighted by Gasteiger charge is 2.31. The second-order valence-corrected chi connectivity index (χ2v) is 9.40. The zero-order valence-corrected chi connectivity index (χ0v) is 20.2. The Hall–Kier alpha value is -2.71. The molecule has 9 heteroatoms. The van der Waals surface area contributed by atoms with Crippen molar-refractivity contribution in [3.63, 3.8) is 0 Å². The van der Waals surface area contributed by atoms with Crippen LogP contribution in [0.2, 0.25) is 5.02 Å². The number of carbonyl (C=O) groups is 2. The molecule has 2 saturated heterocycles. The molecule has 1 atom stereocenters. The number of likely N-dealkylation sites (tertiary alicyclic amines) is 1. The van der Waals surface area contributed by atoms with E-state index in [1.54, 1.807) is 13.0 Å². The number of amides is 3. The van der Waals surface area contributed by atoms with Crippen molar-refractivity contribution in [3.8, 4) is 0 Å². The topological polar surface area (TPSA) is 81.7 Å². The molecule has 2 aliphatic heterocycles. The number of anilines is 1. The number of carbonyl (C=O) groups excluding carboxylic acids is 2. The monoisotopic (exact) mass is 470 g/mol. The van der Waals surface area contributed by atoms with E-state index >= 15 is 0 Å². The van der Waals surface area contributed by atoms with E-state index in [1.807, 2.05) is 22.8 Å². The fourth-order valence-corrected chi connectivity index (χ4v) is 4.77. The van der Waals surface area contributed by atoms with E-state index in [4.69, 9.17) is 11.6 Å². The minimum Gasteiger partial charge on any atom is -0.325 e. The molecule has 0 aliphatic carbocycles. The highest BCUT2D eigenvalue weighted by molar-refractivity contribution is 6.31. The zero-order chi connectivity index (χ0) is 23.5. The molecule has 1 aromatic carbocycles. The van der Waals surface area contributed by atoms with Crippen molar-refractivity contribution in [2.24, 2.45) is 0 Å². The quantitative estimate of drug-likeness (QED) is 0.736. The molecule has 33 heavy (non-hydrogen) atoms. The maximum atomic E-state index is 12.8. The van der Waals surface area contributed by atoms with Crippen molar-refractivity contribution in [2.75, 3.05) is 38.0 Å². The van der Waals surface area contributed by atoms with Crippen LogP contribution in [0.25, 0.3) is 0 Å². The summed E-state index contributed by atoms with van der Waals surface area (Å²) < 4.78 is 0. The second kappa shape index (κ2) is 10.1. The minimum atomic E-state index is -0.269. The summed E-state index contributed by atoms with van der Waals surface area (Å²) in [5.74, 6) is 0.346. The van der Waals surface area contributed by atoms with Crippen molar-refractivity contribution in [3.05, 3.63) is 52.1 Å². The predicted molar refractivity (Wildman–Crippen MR) is 129 cm³/mol. The van der Waals surface area contributed by atoms with Crippen LogP contribution in [-0.2, 0) is 6.54 Å². The van der Waals surface area contributed by atoms with Crippen LogP contribution in [0, 0.1) is 13.8 Å². The van der Waals surface area contributed by atoms with Crippen LogP contribution in [0.1, 0.15) is 47.1 Å². The number of rotatable bonds is 4. The summed E-state index contributed by atoms with van der Waals surface area (Å²) in [4.78, 5) is 40.0. The number of nitrogens with one attached hydrogen (secondary N) is 1. The molecule has 8 nitrogen and oxygen atoms in total. The van der Waals surface area contributed by atoms with Gasteiger partial charge in [-0.05, 0) is 56.9 Å².